The first-order chi connectivity index (χ1) is 16.3. The third-order valence-electron chi connectivity index (χ3n) is 5.37. The molecule has 0 fully saturated rings. The quantitative estimate of drug-likeness (QED) is 0.688. The highest BCUT2D eigenvalue weighted by atomic mass is 32.2. The van der Waals surface area contributed by atoms with Crippen molar-refractivity contribution in [3.63, 3.8) is 0 Å². The molecule has 2 aromatic rings. The Bertz CT molecular complexity index is 1110. The summed E-state index contributed by atoms with van der Waals surface area (Å²) in [5, 5.41) is 5.25. The summed E-state index contributed by atoms with van der Waals surface area (Å²) < 4.78 is 25.3. The van der Waals surface area contributed by atoms with Crippen molar-refractivity contribution >= 4 is 21.8 Å². The zero-order valence-electron chi connectivity index (χ0n) is 20.4. The summed E-state index contributed by atoms with van der Waals surface area (Å²) >= 11 is 0. The van der Waals surface area contributed by atoms with Gasteiger partial charge < -0.3 is 10.6 Å². The summed E-state index contributed by atoms with van der Waals surface area (Å²) in [4.78, 5) is 22.1. The van der Waals surface area contributed by atoms with Crippen LogP contribution in [-0.4, -0.2) is 31.1 Å². The Labute approximate surface area is 203 Å². The topological polar surface area (TPSA) is 95.6 Å². The molecule has 8 heteroatoms. The molecule has 0 saturated heterocycles. The van der Waals surface area contributed by atoms with E-state index in [2.05, 4.69) is 28.8 Å². The molecule has 0 unspecified atom stereocenters. The van der Waals surface area contributed by atoms with Gasteiger partial charge >= 0.3 is 0 Å². The number of hydrogen-bond donors (Lipinski definition) is 2. The number of carbonyl (C=O) groups is 2. The maximum Gasteiger partial charge on any atom is 0.264 e. The molecule has 2 aromatic carbocycles. The standard InChI is InChI=1S/C13H17NO.C11H12N2O3S.C2H6/c1-10(15)14-9-11-6-7-12-4-2-3-5-13(12)8-11;1-9-2-4-10(5-3-9)17(15,16)13-7-6-12-11(14)8-13;1-2/h6-8H,2-5,9H2,1H3,(H,14,15);2-7H,8H2,1H3,(H,12,14);1-2H3. The van der Waals surface area contributed by atoms with E-state index >= 15 is 0 Å². The van der Waals surface area contributed by atoms with Gasteiger partial charge in [-0.05, 0) is 61.4 Å². The van der Waals surface area contributed by atoms with Crippen LogP contribution in [0.3, 0.4) is 0 Å². The molecule has 2 N–H and O–H groups in total. The number of fused-ring (bicyclic) bond motifs is 1. The van der Waals surface area contributed by atoms with E-state index in [0.717, 1.165) is 9.87 Å². The van der Waals surface area contributed by atoms with E-state index in [4.69, 9.17) is 0 Å². The average molecular weight is 486 g/mol. The predicted octanol–water partition coefficient (Wildman–Crippen LogP) is 3.81. The predicted molar refractivity (Wildman–Crippen MR) is 134 cm³/mol. The molecule has 1 heterocycles. The minimum Gasteiger partial charge on any atom is -0.352 e. The van der Waals surface area contributed by atoms with Crippen LogP contribution in [0.2, 0.25) is 0 Å². The van der Waals surface area contributed by atoms with Crippen LogP contribution in [0.1, 0.15) is 55.9 Å². The van der Waals surface area contributed by atoms with Gasteiger partial charge in [0.15, 0.2) is 0 Å². The van der Waals surface area contributed by atoms with Crippen molar-refractivity contribution in [3.8, 4) is 0 Å². The monoisotopic (exact) mass is 485 g/mol. The fraction of sp³-hybridized carbons (Fsp3) is 0.385. The molecule has 0 aromatic heterocycles. The zero-order chi connectivity index (χ0) is 25.1. The molecule has 184 valence electrons. The van der Waals surface area contributed by atoms with Crippen LogP contribution >= 0.6 is 0 Å². The highest BCUT2D eigenvalue weighted by Gasteiger charge is 2.25. The molecule has 7 nitrogen and oxygen atoms in total. The molecular weight excluding hydrogens is 450 g/mol. The van der Waals surface area contributed by atoms with Gasteiger partial charge in [0, 0.05) is 25.9 Å². The van der Waals surface area contributed by atoms with Crippen LogP contribution in [0, 0.1) is 6.92 Å². The number of aryl methyl sites for hydroxylation is 3. The molecule has 1 aliphatic heterocycles. The van der Waals surface area contributed by atoms with Crippen LogP contribution in [-0.2, 0) is 39.0 Å². The van der Waals surface area contributed by atoms with E-state index in [1.165, 1.54) is 66.9 Å². The second-order valence-electron chi connectivity index (χ2n) is 7.97. The van der Waals surface area contributed by atoms with Crippen LogP contribution in [0.15, 0.2) is 59.8 Å². The molecule has 0 atom stereocenters. The first-order valence-electron chi connectivity index (χ1n) is 11.7. The fourth-order valence-corrected chi connectivity index (χ4v) is 4.85. The molecule has 2 aliphatic rings. The molecule has 0 bridgehead atoms. The zero-order valence-corrected chi connectivity index (χ0v) is 21.2. The fourth-order valence-electron chi connectivity index (χ4n) is 3.59. The van der Waals surface area contributed by atoms with E-state index in [9.17, 15) is 18.0 Å². The largest absolute Gasteiger partial charge is 0.352 e. The van der Waals surface area contributed by atoms with Crippen molar-refractivity contribution in [2.24, 2.45) is 0 Å². The molecule has 1 aliphatic carbocycles. The molecular formula is C26H35N3O4S. The average Bonchev–Trinajstić information content (AvgIpc) is 2.84. The van der Waals surface area contributed by atoms with Crippen LogP contribution in [0.5, 0.6) is 0 Å². The number of hydrogen-bond acceptors (Lipinski definition) is 4. The smallest absolute Gasteiger partial charge is 0.264 e. The number of benzene rings is 2. The summed E-state index contributed by atoms with van der Waals surface area (Å²) in [6.07, 6.45) is 7.70. The van der Waals surface area contributed by atoms with Gasteiger partial charge in [0.1, 0.15) is 6.54 Å². The summed E-state index contributed by atoms with van der Waals surface area (Å²) in [5.41, 5.74) is 5.17. The van der Waals surface area contributed by atoms with Gasteiger partial charge in [-0.3, -0.25) is 13.9 Å². The minimum atomic E-state index is -3.63. The number of nitrogens with zero attached hydrogens (tertiary/aromatic N) is 1. The number of amides is 2. The van der Waals surface area contributed by atoms with Crippen molar-refractivity contribution in [1.82, 2.24) is 14.9 Å². The lowest BCUT2D eigenvalue weighted by Crippen LogP contribution is -2.39. The van der Waals surface area contributed by atoms with Gasteiger partial charge in [0.2, 0.25) is 11.8 Å². The van der Waals surface area contributed by atoms with Gasteiger partial charge in [0.25, 0.3) is 10.0 Å². The Kier molecular flexibility index (Phi) is 10.3. The molecule has 0 spiro atoms. The molecule has 4 rings (SSSR count). The lowest BCUT2D eigenvalue weighted by molar-refractivity contribution is -0.120. The Morgan fingerprint density at radius 1 is 1.03 bits per heavy atom. The van der Waals surface area contributed by atoms with Crippen LogP contribution < -0.4 is 10.6 Å². The van der Waals surface area contributed by atoms with Gasteiger partial charge in [-0.2, -0.15) is 0 Å². The number of rotatable bonds is 4. The summed E-state index contributed by atoms with van der Waals surface area (Å²) in [5.74, 6) is -0.309. The minimum absolute atomic E-state index is 0.0349. The lowest BCUT2D eigenvalue weighted by Gasteiger charge is -2.22. The van der Waals surface area contributed by atoms with Crippen molar-refractivity contribution in [3.05, 3.63) is 77.1 Å². The SMILES string of the molecule is CC.CC(=O)NCc1ccc2c(c1)CCCC2.Cc1ccc(S(=O)(=O)N2C=CNC(=O)C2)cc1. The number of carbonyl (C=O) groups excluding carboxylic acids is 2. The second-order valence-corrected chi connectivity index (χ2v) is 9.86. The van der Waals surface area contributed by atoms with E-state index in [1.807, 2.05) is 20.8 Å². The molecule has 34 heavy (non-hydrogen) atoms. The number of sulfonamides is 1. The van der Waals surface area contributed by atoms with E-state index in [1.54, 1.807) is 19.1 Å². The number of nitrogens with one attached hydrogen (secondary N) is 2. The Morgan fingerprint density at radius 3 is 2.29 bits per heavy atom. The molecule has 0 saturated carbocycles. The van der Waals surface area contributed by atoms with Crippen molar-refractivity contribution < 1.29 is 18.0 Å². The van der Waals surface area contributed by atoms with Gasteiger partial charge in [-0.25, -0.2) is 8.42 Å². The molecule has 0 radical (unpaired) electrons. The summed E-state index contributed by atoms with van der Waals surface area (Å²) in [7, 11) is -3.63. The van der Waals surface area contributed by atoms with E-state index in [0.29, 0.717) is 6.54 Å². The normalized spacial score (nSPS) is 14.5. The van der Waals surface area contributed by atoms with Gasteiger partial charge in [-0.15, -0.1) is 0 Å². The lowest BCUT2D eigenvalue weighted by atomic mass is 9.90. The van der Waals surface area contributed by atoms with E-state index in [-0.39, 0.29) is 23.3 Å². The summed E-state index contributed by atoms with van der Waals surface area (Å²) in [6, 6.07) is 13.1. The maximum atomic E-state index is 12.1. The molecule has 2 amide bonds. The Hall–Kier alpha value is -3.13. The van der Waals surface area contributed by atoms with Crippen molar-refractivity contribution in [1.29, 1.82) is 0 Å². The maximum absolute atomic E-state index is 12.1. The van der Waals surface area contributed by atoms with E-state index < -0.39 is 10.0 Å². The third-order valence-corrected chi connectivity index (χ3v) is 7.10. The van der Waals surface area contributed by atoms with Crippen LogP contribution in [0.25, 0.3) is 0 Å². The van der Waals surface area contributed by atoms with Crippen LogP contribution in [0.4, 0.5) is 0 Å². The highest BCUT2D eigenvalue weighted by molar-refractivity contribution is 7.89. The van der Waals surface area contributed by atoms with Gasteiger partial charge in [0.05, 0.1) is 4.90 Å². The first kappa shape index (κ1) is 27.1. The van der Waals surface area contributed by atoms with Crippen molar-refractivity contribution in [2.45, 2.75) is 64.8 Å². The third kappa shape index (κ3) is 7.73. The Balaban J connectivity index is 0.000000225. The first-order valence-corrected chi connectivity index (χ1v) is 13.1. The van der Waals surface area contributed by atoms with Crippen molar-refractivity contribution in [2.75, 3.05) is 6.54 Å². The Morgan fingerprint density at radius 2 is 1.68 bits per heavy atom. The van der Waals surface area contributed by atoms with Gasteiger partial charge in [-0.1, -0.05) is 49.7 Å². The second kappa shape index (κ2) is 12.9. The summed E-state index contributed by atoms with van der Waals surface area (Å²) in [6.45, 7) is 7.90. The highest BCUT2D eigenvalue weighted by Crippen LogP contribution is 2.22.